The first-order chi connectivity index (χ1) is 10.2. The van der Waals surface area contributed by atoms with Crippen molar-refractivity contribution in [1.82, 2.24) is 5.32 Å². The molecule has 1 heterocycles. The van der Waals surface area contributed by atoms with Crippen LogP contribution in [-0.2, 0) is 11.2 Å². The second-order valence-electron chi connectivity index (χ2n) is 5.55. The number of carbonyl (C=O) groups excluding carboxylic acids is 1. The fourth-order valence-corrected chi connectivity index (χ4v) is 2.91. The van der Waals surface area contributed by atoms with Crippen molar-refractivity contribution in [3.8, 4) is 0 Å². The molecule has 1 atom stereocenters. The van der Waals surface area contributed by atoms with Crippen LogP contribution in [-0.4, -0.2) is 19.5 Å². The zero-order chi connectivity index (χ0) is 14.7. The molecule has 0 bridgehead atoms. The molecule has 1 amide bonds. The topological polar surface area (TPSA) is 32.3 Å². The van der Waals surface area contributed by atoms with Crippen LogP contribution in [0.4, 0.5) is 5.69 Å². The second-order valence-corrected chi connectivity index (χ2v) is 5.55. The lowest BCUT2D eigenvalue weighted by Gasteiger charge is -2.33. The molecular weight excluding hydrogens is 260 g/mol. The lowest BCUT2D eigenvalue weighted by Crippen LogP contribution is -2.37. The SMILES string of the molecule is CN1CCC(NC(=O)Cc2ccccc2)c2ccccc21. The minimum atomic E-state index is 0.0885. The van der Waals surface area contributed by atoms with Gasteiger partial charge in [0.05, 0.1) is 12.5 Å². The Kier molecular flexibility index (Phi) is 3.91. The second kappa shape index (κ2) is 6.00. The van der Waals surface area contributed by atoms with E-state index < -0.39 is 0 Å². The summed E-state index contributed by atoms with van der Waals surface area (Å²) in [6.45, 7) is 0.966. The fraction of sp³-hybridized carbons (Fsp3) is 0.278. The highest BCUT2D eigenvalue weighted by Gasteiger charge is 2.23. The number of carbonyl (C=O) groups is 1. The molecule has 3 nitrogen and oxygen atoms in total. The number of para-hydroxylation sites is 1. The van der Waals surface area contributed by atoms with Gasteiger partial charge in [0.25, 0.3) is 0 Å². The number of benzene rings is 2. The quantitative estimate of drug-likeness (QED) is 0.937. The van der Waals surface area contributed by atoms with Gasteiger partial charge < -0.3 is 10.2 Å². The number of amides is 1. The molecule has 2 aromatic carbocycles. The zero-order valence-corrected chi connectivity index (χ0v) is 12.3. The molecule has 0 saturated heterocycles. The molecule has 0 saturated carbocycles. The molecule has 1 unspecified atom stereocenters. The van der Waals surface area contributed by atoms with Crippen molar-refractivity contribution in [3.63, 3.8) is 0 Å². The maximum atomic E-state index is 12.2. The maximum Gasteiger partial charge on any atom is 0.224 e. The minimum Gasteiger partial charge on any atom is -0.374 e. The number of anilines is 1. The van der Waals surface area contributed by atoms with Gasteiger partial charge in [0.2, 0.25) is 5.91 Å². The molecule has 2 aromatic rings. The Balaban J connectivity index is 1.71. The standard InChI is InChI=1S/C18H20N2O/c1-20-12-11-16(15-9-5-6-10-17(15)20)19-18(21)13-14-7-3-2-4-8-14/h2-10,16H,11-13H2,1H3,(H,19,21). The third kappa shape index (κ3) is 3.07. The molecular formula is C18H20N2O. The minimum absolute atomic E-state index is 0.0885. The summed E-state index contributed by atoms with van der Waals surface area (Å²) in [6, 6.07) is 18.3. The van der Waals surface area contributed by atoms with Crippen LogP contribution in [0.2, 0.25) is 0 Å². The van der Waals surface area contributed by atoms with E-state index >= 15 is 0 Å². The first-order valence-corrected chi connectivity index (χ1v) is 7.37. The average Bonchev–Trinajstić information content (AvgIpc) is 2.51. The summed E-state index contributed by atoms with van der Waals surface area (Å²) in [5.41, 5.74) is 3.48. The van der Waals surface area contributed by atoms with E-state index in [2.05, 4.69) is 29.4 Å². The van der Waals surface area contributed by atoms with Gasteiger partial charge in [0, 0.05) is 19.3 Å². The molecule has 0 aromatic heterocycles. The Morgan fingerprint density at radius 2 is 1.86 bits per heavy atom. The van der Waals surface area contributed by atoms with Crippen LogP contribution in [0.3, 0.4) is 0 Å². The van der Waals surface area contributed by atoms with E-state index in [-0.39, 0.29) is 11.9 Å². The normalized spacial score (nSPS) is 17.2. The molecule has 0 aliphatic carbocycles. The van der Waals surface area contributed by atoms with E-state index in [4.69, 9.17) is 0 Å². The van der Waals surface area contributed by atoms with Gasteiger partial charge in [-0.1, -0.05) is 48.5 Å². The Labute approximate surface area is 125 Å². The Hall–Kier alpha value is -2.29. The summed E-state index contributed by atoms with van der Waals surface area (Å²) < 4.78 is 0. The van der Waals surface area contributed by atoms with Crippen molar-refractivity contribution < 1.29 is 4.79 Å². The number of nitrogens with zero attached hydrogens (tertiary/aromatic N) is 1. The number of hydrogen-bond donors (Lipinski definition) is 1. The van der Waals surface area contributed by atoms with E-state index in [1.807, 2.05) is 42.5 Å². The van der Waals surface area contributed by atoms with Gasteiger partial charge in [0.1, 0.15) is 0 Å². The van der Waals surface area contributed by atoms with Crippen molar-refractivity contribution >= 4 is 11.6 Å². The van der Waals surface area contributed by atoms with Crippen LogP contribution >= 0.6 is 0 Å². The van der Waals surface area contributed by atoms with E-state index in [0.29, 0.717) is 6.42 Å². The molecule has 0 radical (unpaired) electrons. The van der Waals surface area contributed by atoms with Gasteiger partial charge in [-0.3, -0.25) is 4.79 Å². The van der Waals surface area contributed by atoms with Gasteiger partial charge >= 0.3 is 0 Å². The molecule has 1 aliphatic heterocycles. The smallest absolute Gasteiger partial charge is 0.224 e. The molecule has 3 rings (SSSR count). The number of rotatable bonds is 3. The van der Waals surface area contributed by atoms with Gasteiger partial charge in [-0.15, -0.1) is 0 Å². The van der Waals surface area contributed by atoms with Crippen LogP contribution in [0.5, 0.6) is 0 Å². The summed E-state index contributed by atoms with van der Waals surface area (Å²) >= 11 is 0. The third-order valence-electron chi connectivity index (χ3n) is 4.02. The van der Waals surface area contributed by atoms with Crippen molar-refractivity contribution in [2.45, 2.75) is 18.9 Å². The average molecular weight is 280 g/mol. The molecule has 0 spiro atoms. The van der Waals surface area contributed by atoms with Gasteiger partial charge in [-0.05, 0) is 23.6 Å². The van der Waals surface area contributed by atoms with Crippen LogP contribution in [0.25, 0.3) is 0 Å². The highest BCUT2D eigenvalue weighted by molar-refractivity contribution is 5.79. The van der Waals surface area contributed by atoms with Crippen molar-refractivity contribution in [3.05, 3.63) is 65.7 Å². The van der Waals surface area contributed by atoms with E-state index in [1.54, 1.807) is 0 Å². The van der Waals surface area contributed by atoms with Crippen LogP contribution in [0.1, 0.15) is 23.6 Å². The van der Waals surface area contributed by atoms with Gasteiger partial charge in [0.15, 0.2) is 0 Å². The van der Waals surface area contributed by atoms with Crippen LogP contribution in [0, 0.1) is 0 Å². The Morgan fingerprint density at radius 1 is 1.14 bits per heavy atom. The molecule has 0 fully saturated rings. The Morgan fingerprint density at radius 3 is 2.67 bits per heavy atom. The summed E-state index contributed by atoms with van der Waals surface area (Å²) in [4.78, 5) is 14.5. The lowest BCUT2D eigenvalue weighted by atomic mass is 9.96. The van der Waals surface area contributed by atoms with Crippen molar-refractivity contribution in [1.29, 1.82) is 0 Å². The molecule has 1 aliphatic rings. The van der Waals surface area contributed by atoms with Crippen molar-refractivity contribution in [2.75, 3.05) is 18.5 Å². The summed E-state index contributed by atoms with van der Waals surface area (Å²) in [5.74, 6) is 0.0885. The number of nitrogens with one attached hydrogen (secondary N) is 1. The first kappa shape index (κ1) is 13.7. The van der Waals surface area contributed by atoms with Crippen LogP contribution in [0.15, 0.2) is 54.6 Å². The largest absolute Gasteiger partial charge is 0.374 e. The number of fused-ring (bicyclic) bond motifs is 1. The molecule has 21 heavy (non-hydrogen) atoms. The monoisotopic (exact) mass is 280 g/mol. The molecule has 108 valence electrons. The van der Waals surface area contributed by atoms with Gasteiger partial charge in [-0.2, -0.15) is 0 Å². The molecule has 3 heteroatoms. The van der Waals surface area contributed by atoms with E-state index in [0.717, 1.165) is 18.5 Å². The van der Waals surface area contributed by atoms with E-state index in [1.165, 1.54) is 11.3 Å². The number of hydrogen-bond acceptors (Lipinski definition) is 2. The lowest BCUT2D eigenvalue weighted by molar-refractivity contribution is -0.121. The highest BCUT2D eigenvalue weighted by Crippen LogP contribution is 2.32. The first-order valence-electron chi connectivity index (χ1n) is 7.37. The Bertz CT molecular complexity index is 624. The van der Waals surface area contributed by atoms with Crippen LogP contribution < -0.4 is 10.2 Å². The summed E-state index contributed by atoms with van der Waals surface area (Å²) in [6.07, 6.45) is 1.39. The van der Waals surface area contributed by atoms with Crippen molar-refractivity contribution in [2.24, 2.45) is 0 Å². The summed E-state index contributed by atoms with van der Waals surface area (Å²) in [7, 11) is 2.10. The third-order valence-corrected chi connectivity index (χ3v) is 4.02. The maximum absolute atomic E-state index is 12.2. The zero-order valence-electron chi connectivity index (χ0n) is 12.3. The predicted octanol–water partition coefficient (Wildman–Crippen LogP) is 2.93. The summed E-state index contributed by atoms with van der Waals surface area (Å²) in [5, 5.41) is 3.18. The fourth-order valence-electron chi connectivity index (χ4n) is 2.91. The highest BCUT2D eigenvalue weighted by atomic mass is 16.1. The predicted molar refractivity (Wildman–Crippen MR) is 85.4 cm³/mol. The van der Waals surface area contributed by atoms with E-state index in [9.17, 15) is 4.79 Å². The molecule has 1 N–H and O–H groups in total. The van der Waals surface area contributed by atoms with Gasteiger partial charge in [-0.25, -0.2) is 0 Å².